The summed E-state index contributed by atoms with van der Waals surface area (Å²) in [4.78, 5) is 0. The lowest BCUT2D eigenvalue weighted by Gasteiger charge is -2.19. The molecule has 0 heteroatoms. The van der Waals surface area contributed by atoms with Gasteiger partial charge in [0.15, 0.2) is 0 Å². The second kappa shape index (κ2) is 5.67. The predicted octanol–water partition coefficient (Wildman–Crippen LogP) is 6.62. The molecule has 0 spiro atoms. The summed E-state index contributed by atoms with van der Waals surface area (Å²) < 4.78 is 0. The van der Waals surface area contributed by atoms with E-state index in [4.69, 9.17) is 0 Å². The number of allylic oxidation sites excluding steroid dienone is 1. The van der Waals surface area contributed by atoms with Gasteiger partial charge in [-0.3, -0.25) is 0 Å². The topological polar surface area (TPSA) is 0 Å². The van der Waals surface area contributed by atoms with Crippen LogP contribution in [0.1, 0.15) is 57.2 Å². The largest absolute Gasteiger partial charge is 0.0613 e. The van der Waals surface area contributed by atoms with E-state index < -0.39 is 0 Å². The van der Waals surface area contributed by atoms with Crippen molar-refractivity contribution >= 4 is 6.08 Å². The Morgan fingerprint density at radius 3 is 2.17 bits per heavy atom. The molecule has 2 aromatic rings. The molecule has 0 bridgehead atoms. The van der Waals surface area contributed by atoms with Gasteiger partial charge in [0.05, 0.1) is 0 Å². The van der Waals surface area contributed by atoms with E-state index in [2.05, 4.69) is 90.1 Å². The minimum atomic E-state index is 0.195. The van der Waals surface area contributed by atoms with Crippen LogP contribution in [0.15, 0.2) is 48.0 Å². The summed E-state index contributed by atoms with van der Waals surface area (Å²) in [7, 11) is 0. The standard InChI is InChI=1S/C23H27/c1-15(2)21-14-22-19(16(21)3)8-7-9-20(22)17-10-12-18(13-11-17)23(4,5)6/h7-16H,3H2,1-2,4-6H3. The zero-order chi connectivity index (χ0) is 16.8. The molecule has 3 rings (SSSR count). The lowest BCUT2D eigenvalue weighted by atomic mass is 9.85. The fourth-order valence-corrected chi connectivity index (χ4v) is 3.47. The van der Waals surface area contributed by atoms with Crippen molar-refractivity contribution in [1.82, 2.24) is 0 Å². The van der Waals surface area contributed by atoms with Crippen molar-refractivity contribution in [3.63, 3.8) is 0 Å². The fraction of sp³-hybridized carbons (Fsp3) is 0.348. The monoisotopic (exact) mass is 303 g/mol. The molecule has 119 valence electrons. The summed E-state index contributed by atoms with van der Waals surface area (Å²) in [5.74, 6) is 0.833. The van der Waals surface area contributed by atoms with E-state index in [1.165, 1.54) is 33.4 Å². The Labute approximate surface area is 141 Å². The summed E-state index contributed by atoms with van der Waals surface area (Å²) in [6, 6.07) is 15.7. The molecule has 0 amide bonds. The van der Waals surface area contributed by atoms with Crippen molar-refractivity contribution in [2.45, 2.75) is 46.0 Å². The number of hydrogen-bond acceptors (Lipinski definition) is 0. The minimum Gasteiger partial charge on any atom is -0.0613 e. The smallest absolute Gasteiger partial charge is 0.00605 e. The minimum absolute atomic E-state index is 0.195. The van der Waals surface area contributed by atoms with Gasteiger partial charge in [-0.25, -0.2) is 0 Å². The van der Waals surface area contributed by atoms with E-state index in [0.29, 0.717) is 11.8 Å². The summed E-state index contributed by atoms with van der Waals surface area (Å²) in [5, 5.41) is 0. The van der Waals surface area contributed by atoms with Crippen LogP contribution < -0.4 is 0 Å². The first-order valence-electron chi connectivity index (χ1n) is 8.57. The Balaban J connectivity index is 2.07. The Morgan fingerprint density at radius 1 is 0.957 bits per heavy atom. The lowest BCUT2D eigenvalue weighted by molar-refractivity contribution is 0.590. The molecule has 1 aliphatic rings. The van der Waals surface area contributed by atoms with Crippen LogP contribution in [-0.4, -0.2) is 0 Å². The average molecular weight is 303 g/mol. The number of rotatable bonds is 2. The molecule has 1 radical (unpaired) electrons. The van der Waals surface area contributed by atoms with Crippen molar-refractivity contribution < 1.29 is 0 Å². The summed E-state index contributed by atoms with van der Waals surface area (Å²) >= 11 is 0. The summed E-state index contributed by atoms with van der Waals surface area (Å²) in [5.41, 5.74) is 8.36. The first-order valence-corrected chi connectivity index (χ1v) is 8.57. The van der Waals surface area contributed by atoms with Gasteiger partial charge in [-0.05, 0) is 46.1 Å². The SMILES string of the molecule is [CH2]C1C(C(C)C)=Cc2c(-c3ccc(C(C)(C)C)cc3)cccc21. The summed E-state index contributed by atoms with van der Waals surface area (Å²) in [6.07, 6.45) is 2.37. The van der Waals surface area contributed by atoms with Crippen LogP contribution >= 0.6 is 0 Å². The number of fused-ring (bicyclic) bond motifs is 1. The molecule has 23 heavy (non-hydrogen) atoms. The lowest BCUT2D eigenvalue weighted by Crippen LogP contribution is -2.10. The van der Waals surface area contributed by atoms with Crippen LogP contribution in [0.2, 0.25) is 0 Å². The van der Waals surface area contributed by atoms with Gasteiger partial charge in [-0.1, -0.05) is 88.7 Å². The molecular weight excluding hydrogens is 276 g/mol. The van der Waals surface area contributed by atoms with Crippen LogP contribution in [0.3, 0.4) is 0 Å². The molecule has 0 nitrogen and oxygen atoms in total. The zero-order valence-corrected chi connectivity index (χ0v) is 15.0. The molecule has 1 aliphatic carbocycles. The predicted molar refractivity (Wildman–Crippen MR) is 101 cm³/mol. The van der Waals surface area contributed by atoms with E-state index in [9.17, 15) is 0 Å². The fourth-order valence-electron chi connectivity index (χ4n) is 3.47. The highest BCUT2D eigenvalue weighted by Gasteiger charge is 2.25. The maximum atomic E-state index is 4.39. The molecular formula is C23H27. The van der Waals surface area contributed by atoms with Gasteiger partial charge in [0.1, 0.15) is 0 Å². The van der Waals surface area contributed by atoms with E-state index in [-0.39, 0.29) is 5.41 Å². The van der Waals surface area contributed by atoms with E-state index in [0.717, 1.165) is 0 Å². The molecule has 0 aromatic heterocycles. The van der Waals surface area contributed by atoms with Crippen LogP contribution in [0, 0.1) is 12.8 Å². The van der Waals surface area contributed by atoms with Gasteiger partial charge in [0.25, 0.3) is 0 Å². The normalized spacial score (nSPS) is 17.3. The molecule has 1 unspecified atom stereocenters. The molecule has 0 saturated carbocycles. The number of hydrogen-bond donors (Lipinski definition) is 0. The van der Waals surface area contributed by atoms with Gasteiger partial charge >= 0.3 is 0 Å². The van der Waals surface area contributed by atoms with E-state index >= 15 is 0 Å². The Morgan fingerprint density at radius 2 is 1.61 bits per heavy atom. The van der Waals surface area contributed by atoms with Crippen molar-refractivity contribution in [3.8, 4) is 11.1 Å². The summed E-state index contributed by atoms with van der Waals surface area (Å²) in [6.45, 7) is 15.7. The van der Waals surface area contributed by atoms with Crippen molar-refractivity contribution in [1.29, 1.82) is 0 Å². The van der Waals surface area contributed by atoms with E-state index in [1.54, 1.807) is 0 Å². The van der Waals surface area contributed by atoms with Crippen LogP contribution in [-0.2, 0) is 5.41 Å². The third-order valence-electron chi connectivity index (χ3n) is 4.96. The second-order valence-electron chi connectivity index (χ2n) is 7.99. The number of benzene rings is 2. The molecule has 0 heterocycles. The first kappa shape index (κ1) is 16.1. The Bertz CT molecular complexity index is 737. The van der Waals surface area contributed by atoms with E-state index in [1.807, 2.05) is 0 Å². The maximum absolute atomic E-state index is 4.39. The molecule has 0 fully saturated rings. The maximum Gasteiger partial charge on any atom is 0.00605 e. The van der Waals surface area contributed by atoms with Crippen LogP contribution in [0.4, 0.5) is 0 Å². The second-order valence-corrected chi connectivity index (χ2v) is 7.99. The molecule has 1 atom stereocenters. The van der Waals surface area contributed by atoms with Crippen molar-refractivity contribution in [3.05, 3.63) is 71.7 Å². The third-order valence-corrected chi connectivity index (χ3v) is 4.96. The van der Waals surface area contributed by atoms with Crippen molar-refractivity contribution in [2.24, 2.45) is 5.92 Å². The first-order chi connectivity index (χ1) is 10.8. The Kier molecular flexibility index (Phi) is 3.96. The van der Waals surface area contributed by atoms with Crippen LogP contribution in [0.25, 0.3) is 17.2 Å². The Hall–Kier alpha value is -1.82. The highest BCUT2D eigenvalue weighted by Crippen LogP contribution is 2.43. The molecule has 0 saturated heterocycles. The van der Waals surface area contributed by atoms with Crippen molar-refractivity contribution in [2.75, 3.05) is 0 Å². The van der Waals surface area contributed by atoms with Gasteiger partial charge in [-0.2, -0.15) is 0 Å². The van der Waals surface area contributed by atoms with Crippen LogP contribution in [0.5, 0.6) is 0 Å². The van der Waals surface area contributed by atoms with Gasteiger partial charge in [-0.15, -0.1) is 0 Å². The highest BCUT2D eigenvalue weighted by molar-refractivity contribution is 5.82. The average Bonchev–Trinajstić information content (AvgIpc) is 2.84. The van der Waals surface area contributed by atoms with Gasteiger partial charge < -0.3 is 0 Å². The third kappa shape index (κ3) is 2.87. The zero-order valence-electron chi connectivity index (χ0n) is 15.0. The molecule has 0 aliphatic heterocycles. The highest BCUT2D eigenvalue weighted by atomic mass is 14.3. The molecule has 0 N–H and O–H groups in total. The van der Waals surface area contributed by atoms with Gasteiger partial charge in [0, 0.05) is 5.92 Å². The quantitative estimate of drug-likeness (QED) is 0.584. The molecule has 2 aromatic carbocycles. The van der Waals surface area contributed by atoms with Gasteiger partial charge in [0.2, 0.25) is 0 Å².